The average molecular weight is 262 g/mol. The molecule has 104 valence electrons. The second-order valence-corrected chi connectivity index (χ2v) is 5.33. The Kier molecular flexibility index (Phi) is 4.17. The maximum Gasteiger partial charge on any atom is 0.272 e. The van der Waals surface area contributed by atoms with Crippen LogP contribution in [0.5, 0.6) is 0 Å². The quantitative estimate of drug-likeness (QED) is 0.852. The van der Waals surface area contributed by atoms with Crippen LogP contribution in [0.15, 0.2) is 18.3 Å². The van der Waals surface area contributed by atoms with Gasteiger partial charge in [0.05, 0.1) is 0 Å². The first-order chi connectivity index (χ1) is 9.02. The van der Waals surface area contributed by atoms with E-state index in [0.717, 1.165) is 18.7 Å². The van der Waals surface area contributed by atoms with Crippen LogP contribution in [0.4, 0.5) is 0 Å². The molecule has 0 aromatic carbocycles. The first kappa shape index (κ1) is 14.0. The SMILES string of the molecule is CC1CN(C(=O)c2ccc(CN)cn2)CC(C)N1C. The van der Waals surface area contributed by atoms with Gasteiger partial charge in [0, 0.05) is 37.9 Å². The fourth-order valence-electron chi connectivity index (χ4n) is 2.40. The lowest BCUT2D eigenvalue weighted by molar-refractivity contribution is 0.0409. The molecule has 1 aromatic rings. The molecule has 2 heterocycles. The molecule has 2 N–H and O–H groups in total. The molecule has 1 fully saturated rings. The van der Waals surface area contributed by atoms with Crippen LogP contribution in [0.3, 0.4) is 0 Å². The molecule has 19 heavy (non-hydrogen) atoms. The summed E-state index contributed by atoms with van der Waals surface area (Å²) in [5, 5.41) is 0. The van der Waals surface area contributed by atoms with Crippen LogP contribution in [0, 0.1) is 0 Å². The summed E-state index contributed by atoms with van der Waals surface area (Å²) in [6.07, 6.45) is 1.68. The Morgan fingerprint density at radius 1 is 1.37 bits per heavy atom. The predicted molar refractivity (Wildman–Crippen MR) is 74.7 cm³/mol. The van der Waals surface area contributed by atoms with Crippen molar-refractivity contribution < 1.29 is 4.79 Å². The molecular weight excluding hydrogens is 240 g/mol. The van der Waals surface area contributed by atoms with Crippen LogP contribution >= 0.6 is 0 Å². The molecule has 1 aromatic heterocycles. The Balaban J connectivity index is 2.10. The molecule has 1 aliphatic heterocycles. The Morgan fingerprint density at radius 3 is 2.47 bits per heavy atom. The van der Waals surface area contributed by atoms with Crippen molar-refractivity contribution in [2.24, 2.45) is 5.73 Å². The second kappa shape index (κ2) is 5.67. The van der Waals surface area contributed by atoms with Gasteiger partial charge in [-0.2, -0.15) is 0 Å². The van der Waals surface area contributed by atoms with E-state index in [1.165, 1.54) is 0 Å². The van der Waals surface area contributed by atoms with Crippen molar-refractivity contribution in [2.75, 3.05) is 20.1 Å². The van der Waals surface area contributed by atoms with Gasteiger partial charge >= 0.3 is 0 Å². The Labute approximate surface area is 114 Å². The van der Waals surface area contributed by atoms with E-state index in [9.17, 15) is 4.79 Å². The van der Waals surface area contributed by atoms with E-state index in [1.54, 1.807) is 12.3 Å². The zero-order valence-corrected chi connectivity index (χ0v) is 11.8. The number of nitrogens with zero attached hydrogens (tertiary/aromatic N) is 3. The Morgan fingerprint density at radius 2 is 2.00 bits per heavy atom. The summed E-state index contributed by atoms with van der Waals surface area (Å²) in [4.78, 5) is 20.8. The highest BCUT2D eigenvalue weighted by molar-refractivity contribution is 5.92. The van der Waals surface area contributed by atoms with Gasteiger partial charge in [0.25, 0.3) is 5.91 Å². The third-order valence-corrected chi connectivity index (χ3v) is 3.93. The minimum absolute atomic E-state index is 0.00960. The van der Waals surface area contributed by atoms with Crippen molar-refractivity contribution in [3.63, 3.8) is 0 Å². The summed E-state index contributed by atoms with van der Waals surface area (Å²) in [7, 11) is 2.10. The van der Waals surface area contributed by atoms with Crippen molar-refractivity contribution in [3.05, 3.63) is 29.6 Å². The predicted octanol–water partition coefficient (Wildman–Crippen LogP) is 0.705. The molecule has 0 saturated carbocycles. The normalized spacial score (nSPS) is 24.5. The van der Waals surface area contributed by atoms with E-state index >= 15 is 0 Å². The van der Waals surface area contributed by atoms with Crippen LogP contribution in [0.2, 0.25) is 0 Å². The Bertz CT molecular complexity index is 433. The molecular formula is C14H22N4O. The largest absolute Gasteiger partial charge is 0.334 e. The van der Waals surface area contributed by atoms with Gasteiger partial charge in [-0.1, -0.05) is 6.07 Å². The van der Waals surface area contributed by atoms with Gasteiger partial charge in [-0.15, -0.1) is 0 Å². The van der Waals surface area contributed by atoms with E-state index in [0.29, 0.717) is 24.3 Å². The minimum atomic E-state index is 0.00960. The number of rotatable bonds is 2. The monoisotopic (exact) mass is 262 g/mol. The number of carbonyl (C=O) groups excluding carboxylic acids is 1. The zero-order valence-electron chi connectivity index (χ0n) is 11.8. The summed E-state index contributed by atoms with van der Waals surface area (Å²) in [5.74, 6) is 0.00960. The maximum absolute atomic E-state index is 12.4. The highest BCUT2D eigenvalue weighted by Gasteiger charge is 2.30. The molecule has 0 bridgehead atoms. The smallest absolute Gasteiger partial charge is 0.272 e. The standard InChI is InChI=1S/C14H22N4O/c1-10-8-18(9-11(2)17(10)3)14(19)13-5-4-12(6-15)7-16-13/h4-5,7,10-11H,6,8-9,15H2,1-3H3. The molecule has 2 rings (SSSR count). The number of likely N-dealkylation sites (N-methyl/N-ethyl adjacent to an activating group) is 1. The fourth-order valence-corrected chi connectivity index (χ4v) is 2.40. The average Bonchev–Trinajstić information content (AvgIpc) is 2.43. The number of pyridine rings is 1. The van der Waals surface area contributed by atoms with Crippen molar-refractivity contribution in [3.8, 4) is 0 Å². The van der Waals surface area contributed by atoms with Gasteiger partial charge < -0.3 is 10.6 Å². The van der Waals surface area contributed by atoms with Gasteiger partial charge in [0.15, 0.2) is 0 Å². The first-order valence-corrected chi connectivity index (χ1v) is 6.69. The van der Waals surface area contributed by atoms with Gasteiger partial charge in [-0.25, -0.2) is 0 Å². The molecule has 1 amide bonds. The second-order valence-electron chi connectivity index (χ2n) is 5.33. The molecule has 1 saturated heterocycles. The van der Waals surface area contributed by atoms with Crippen LogP contribution in [0.25, 0.3) is 0 Å². The number of piperazine rings is 1. The van der Waals surface area contributed by atoms with Crippen LogP contribution < -0.4 is 5.73 Å². The molecule has 0 aliphatic carbocycles. The molecule has 5 nitrogen and oxygen atoms in total. The van der Waals surface area contributed by atoms with Gasteiger partial charge in [-0.3, -0.25) is 14.7 Å². The van der Waals surface area contributed by atoms with E-state index < -0.39 is 0 Å². The fraction of sp³-hybridized carbons (Fsp3) is 0.571. The molecule has 0 radical (unpaired) electrons. The van der Waals surface area contributed by atoms with Crippen molar-refractivity contribution >= 4 is 5.91 Å². The van der Waals surface area contributed by atoms with E-state index in [2.05, 4.69) is 30.8 Å². The number of carbonyl (C=O) groups is 1. The molecule has 2 unspecified atom stereocenters. The van der Waals surface area contributed by atoms with Crippen LogP contribution in [-0.4, -0.2) is 52.9 Å². The van der Waals surface area contributed by atoms with Crippen molar-refractivity contribution in [1.82, 2.24) is 14.8 Å². The third kappa shape index (κ3) is 2.93. The highest BCUT2D eigenvalue weighted by atomic mass is 16.2. The lowest BCUT2D eigenvalue weighted by atomic mass is 10.1. The first-order valence-electron chi connectivity index (χ1n) is 6.69. The topological polar surface area (TPSA) is 62.5 Å². The van der Waals surface area contributed by atoms with Crippen LogP contribution in [0.1, 0.15) is 29.9 Å². The maximum atomic E-state index is 12.4. The number of nitrogens with two attached hydrogens (primary N) is 1. The highest BCUT2D eigenvalue weighted by Crippen LogP contribution is 2.15. The zero-order chi connectivity index (χ0) is 14.0. The number of amides is 1. The summed E-state index contributed by atoms with van der Waals surface area (Å²) in [6.45, 7) is 6.23. The summed E-state index contributed by atoms with van der Waals surface area (Å²) in [6, 6.07) is 4.37. The van der Waals surface area contributed by atoms with Gasteiger partial charge in [-0.05, 0) is 32.5 Å². The van der Waals surface area contributed by atoms with Crippen molar-refractivity contribution in [1.29, 1.82) is 0 Å². The minimum Gasteiger partial charge on any atom is -0.334 e. The van der Waals surface area contributed by atoms with E-state index in [1.807, 2.05) is 11.0 Å². The molecule has 2 atom stereocenters. The van der Waals surface area contributed by atoms with Crippen molar-refractivity contribution in [2.45, 2.75) is 32.5 Å². The number of aromatic nitrogens is 1. The van der Waals surface area contributed by atoms with E-state index in [4.69, 9.17) is 5.73 Å². The van der Waals surface area contributed by atoms with Gasteiger partial charge in [0.2, 0.25) is 0 Å². The summed E-state index contributed by atoms with van der Waals surface area (Å²) < 4.78 is 0. The summed E-state index contributed by atoms with van der Waals surface area (Å²) in [5.41, 5.74) is 6.97. The lowest BCUT2D eigenvalue weighted by Crippen LogP contribution is -2.56. The number of hydrogen-bond donors (Lipinski definition) is 1. The lowest BCUT2D eigenvalue weighted by Gasteiger charge is -2.42. The number of hydrogen-bond acceptors (Lipinski definition) is 4. The summed E-state index contributed by atoms with van der Waals surface area (Å²) >= 11 is 0. The van der Waals surface area contributed by atoms with Crippen LogP contribution in [-0.2, 0) is 6.54 Å². The Hall–Kier alpha value is -1.46. The molecule has 1 aliphatic rings. The van der Waals surface area contributed by atoms with Gasteiger partial charge in [0.1, 0.15) is 5.69 Å². The van der Waals surface area contributed by atoms with E-state index in [-0.39, 0.29) is 5.91 Å². The third-order valence-electron chi connectivity index (χ3n) is 3.93. The molecule has 5 heteroatoms. The molecule has 0 spiro atoms.